The van der Waals surface area contributed by atoms with Crippen molar-refractivity contribution in [3.63, 3.8) is 0 Å². The fourth-order valence-corrected chi connectivity index (χ4v) is 2.14. The highest BCUT2D eigenvalue weighted by molar-refractivity contribution is 6.04. The van der Waals surface area contributed by atoms with Crippen molar-refractivity contribution in [1.82, 2.24) is 0 Å². The molecule has 0 aromatic heterocycles. The van der Waals surface area contributed by atoms with Crippen LogP contribution in [-0.4, -0.2) is 18.5 Å². The number of hydrogen-bond donors (Lipinski definition) is 2. The molecule has 2 aromatic carbocycles. The number of aryl methyl sites for hydroxylation is 1. The van der Waals surface area contributed by atoms with Crippen LogP contribution in [-0.2, 0) is 9.53 Å². The molecule has 0 aliphatic rings. The first-order chi connectivity index (χ1) is 12.5. The summed E-state index contributed by atoms with van der Waals surface area (Å²) in [6.45, 7) is 3.80. The molecule has 0 saturated carbocycles. The molecule has 0 aliphatic carbocycles. The van der Waals surface area contributed by atoms with Crippen molar-refractivity contribution in [1.29, 1.82) is 5.26 Å². The van der Waals surface area contributed by atoms with Gasteiger partial charge in [0.1, 0.15) is 6.07 Å². The number of benzene rings is 2. The number of rotatable bonds is 6. The maximum Gasteiger partial charge on any atom is 0.350 e. The number of nitrogens with one attached hydrogen (secondary N) is 2. The van der Waals surface area contributed by atoms with Crippen molar-refractivity contribution in [3.05, 3.63) is 71.4 Å². The second kappa shape index (κ2) is 9.04. The van der Waals surface area contributed by atoms with Gasteiger partial charge in [-0.15, -0.1) is 0 Å². The van der Waals surface area contributed by atoms with Crippen LogP contribution in [0.4, 0.5) is 11.4 Å². The summed E-state index contributed by atoms with van der Waals surface area (Å²) >= 11 is 0. The van der Waals surface area contributed by atoms with Gasteiger partial charge in [-0.25, -0.2) is 4.79 Å². The van der Waals surface area contributed by atoms with Crippen LogP contribution in [0.25, 0.3) is 0 Å². The molecule has 0 saturated heterocycles. The Hall–Kier alpha value is -3.59. The molecular weight excluding hydrogens is 330 g/mol. The third kappa shape index (κ3) is 5.21. The van der Waals surface area contributed by atoms with Crippen LogP contribution in [0.3, 0.4) is 0 Å². The Kier molecular flexibility index (Phi) is 6.52. The first-order valence-corrected chi connectivity index (χ1v) is 8.05. The number of nitrogens with zero attached hydrogens (tertiary/aromatic N) is 1. The van der Waals surface area contributed by atoms with E-state index in [0.717, 1.165) is 5.56 Å². The highest BCUT2D eigenvalue weighted by atomic mass is 16.5. The minimum Gasteiger partial charge on any atom is -0.462 e. The fourth-order valence-electron chi connectivity index (χ4n) is 2.14. The van der Waals surface area contributed by atoms with E-state index in [9.17, 15) is 9.59 Å². The highest BCUT2D eigenvalue weighted by Gasteiger charge is 2.09. The second-order valence-electron chi connectivity index (χ2n) is 5.44. The molecular formula is C20H19N3O3. The lowest BCUT2D eigenvalue weighted by atomic mass is 10.1. The first kappa shape index (κ1) is 18.7. The summed E-state index contributed by atoms with van der Waals surface area (Å²) in [6.07, 6.45) is 1.29. The molecule has 0 atom stereocenters. The molecule has 6 nitrogen and oxygen atoms in total. The molecule has 0 unspecified atom stereocenters. The standard InChI is InChI=1S/C20H19N3O3/c1-3-26-20(25)16(12-21)13-22-17-7-9-18(10-8-17)23-19(24)15-6-4-5-14(2)11-15/h4-11,13,22H,3H2,1-2H3,(H,23,24)/b16-13+. The molecule has 0 aliphatic heterocycles. The number of carbonyl (C=O) groups is 2. The third-order valence-electron chi connectivity index (χ3n) is 3.42. The number of carbonyl (C=O) groups excluding carboxylic acids is 2. The Morgan fingerprint density at radius 3 is 2.46 bits per heavy atom. The van der Waals surface area contributed by atoms with Gasteiger partial charge in [0.2, 0.25) is 0 Å². The van der Waals surface area contributed by atoms with Gasteiger partial charge in [-0.3, -0.25) is 4.79 Å². The maximum atomic E-state index is 12.2. The van der Waals surface area contributed by atoms with Crippen LogP contribution in [0.5, 0.6) is 0 Å². The van der Waals surface area contributed by atoms with E-state index in [1.165, 1.54) is 6.20 Å². The van der Waals surface area contributed by atoms with Crippen molar-refractivity contribution in [2.45, 2.75) is 13.8 Å². The van der Waals surface area contributed by atoms with E-state index in [4.69, 9.17) is 10.00 Å². The summed E-state index contributed by atoms with van der Waals surface area (Å²) in [6, 6.07) is 16.0. The van der Waals surface area contributed by atoms with E-state index in [2.05, 4.69) is 10.6 Å². The van der Waals surface area contributed by atoms with Crippen molar-refractivity contribution in [2.24, 2.45) is 0 Å². The summed E-state index contributed by atoms with van der Waals surface area (Å²) in [4.78, 5) is 23.7. The molecule has 0 fully saturated rings. The quantitative estimate of drug-likeness (QED) is 0.472. The van der Waals surface area contributed by atoms with E-state index in [1.54, 1.807) is 43.3 Å². The van der Waals surface area contributed by atoms with Gasteiger partial charge in [-0.1, -0.05) is 17.7 Å². The Balaban J connectivity index is 2.01. The predicted molar refractivity (Wildman–Crippen MR) is 99.5 cm³/mol. The van der Waals surface area contributed by atoms with Crippen LogP contribution in [0, 0.1) is 18.3 Å². The second-order valence-corrected chi connectivity index (χ2v) is 5.44. The summed E-state index contributed by atoms with van der Waals surface area (Å²) in [5, 5.41) is 14.6. The molecule has 132 valence electrons. The van der Waals surface area contributed by atoms with Gasteiger partial charge < -0.3 is 15.4 Å². The Bertz CT molecular complexity index is 865. The predicted octanol–water partition coefficient (Wildman–Crippen LogP) is 3.63. The molecule has 0 bridgehead atoms. The van der Waals surface area contributed by atoms with Crippen molar-refractivity contribution >= 4 is 23.3 Å². The number of anilines is 2. The SMILES string of the molecule is CCOC(=O)/C(C#N)=C/Nc1ccc(NC(=O)c2cccc(C)c2)cc1. The summed E-state index contributed by atoms with van der Waals surface area (Å²) in [5.41, 5.74) is 2.78. The normalized spacial score (nSPS) is 10.6. The molecule has 2 N–H and O–H groups in total. The number of amides is 1. The van der Waals surface area contributed by atoms with Crippen LogP contribution in [0.2, 0.25) is 0 Å². The van der Waals surface area contributed by atoms with Crippen LogP contribution >= 0.6 is 0 Å². The minimum atomic E-state index is -0.676. The zero-order valence-electron chi connectivity index (χ0n) is 14.6. The van der Waals surface area contributed by atoms with Crippen LogP contribution in [0.1, 0.15) is 22.8 Å². The highest BCUT2D eigenvalue weighted by Crippen LogP contribution is 2.15. The van der Waals surface area contributed by atoms with Gasteiger partial charge in [0.15, 0.2) is 5.57 Å². The summed E-state index contributed by atoms with van der Waals surface area (Å²) < 4.78 is 4.78. The van der Waals surface area contributed by atoms with E-state index in [1.807, 2.05) is 25.1 Å². The molecule has 26 heavy (non-hydrogen) atoms. The van der Waals surface area contributed by atoms with Gasteiger partial charge in [0, 0.05) is 23.1 Å². The molecule has 0 radical (unpaired) electrons. The zero-order valence-corrected chi connectivity index (χ0v) is 14.6. The lowest BCUT2D eigenvalue weighted by Crippen LogP contribution is -2.11. The number of esters is 1. The van der Waals surface area contributed by atoms with Gasteiger partial charge in [-0.2, -0.15) is 5.26 Å². The number of ether oxygens (including phenoxy) is 1. The molecule has 0 heterocycles. The monoisotopic (exact) mass is 349 g/mol. The van der Waals surface area contributed by atoms with Crippen molar-refractivity contribution in [3.8, 4) is 6.07 Å². The largest absolute Gasteiger partial charge is 0.462 e. The lowest BCUT2D eigenvalue weighted by molar-refractivity contribution is -0.138. The third-order valence-corrected chi connectivity index (χ3v) is 3.42. The van der Waals surface area contributed by atoms with Gasteiger partial charge in [0.25, 0.3) is 5.91 Å². The lowest BCUT2D eigenvalue weighted by Gasteiger charge is -2.07. The smallest absolute Gasteiger partial charge is 0.350 e. The number of nitriles is 1. The molecule has 2 rings (SSSR count). The van der Waals surface area contributed by atoms with Crippen LogP contribution in [0.15, 0.2) is 60.3 Å². The van der Waals surface area contributed by atoms with E-state index < -0.39 is 5.97 Å². The topological polar surface area (TPSA) is 91.2 Å². The molecule has 6 heteroatoms. The van der Waals surface area contributed by atoms with Gasteiger partial charge in [-0.05, 0) is 50.2 Å². The Morgan fingerprint density at radius 2 is 1.85 bits per heavy atom. The van der Waals surface area contributed by atoms with Crippen LogP contribution < -0.4 is 10.6 Å². The Labute approximate surface area is 152 Å². The number of hydrogen-bond acceptors (Lipinski definition) is 5. The Morgan fingerprint density at radius 1 is 1.15 bits per heavy atom. The van der Waals surface area contributed by atoms with E-state index >= 15 is 0 Å². The van der Waals surface area contributed by atoms with Gasteiger partial charge >= 0.3 is 5.97 Å². The van der Waals surface area contributed by atoms with Crippen molar-refractivity contribution < 1.29 is 14.3 Å². The molecule has 0 spiro atoms. The average Bonchev–Trinajstić information content (AvgIpc) is 2.64. The minimum absolute atomic E-state index is 0.122. The zero-order chi connectivity index (χ0) is 18.9. The summed E-state index contributed by atoms with van der Waals surface area (Å²) in [5.74, 6) is -0.868. The van der Waals surface area contributed by atoms with E-state index in [-0.39, 0.29) is 18.1 Å². The van der Waals surface area contributed by atoms with Crippen molar-refractivity contribution in [2.75, 3.05) is 17.2 Å². The van der Waals surface area contributed by atoms with Gasteiger partial charge in [0.05, 0.1) is 6.61 Å². The summed E-state index contributed by atoms with van der Waals surface area (Å²) in [7, 11) is 0. The van der Waals surface area contributed by atoms with E-state index in [0.29, 0.717) is 16.9 Å². The maximum absolute atomic E-state index is 12.2. The first-order valence-electron chi connectivity index (χ1n) is 8.05. The molecule has 1 amide bonds. The average molecular weight is 349 g/mol. The molecule has 2 aromatic rings. The fraction of sp³-hybridized carbons (Fsp3) is 0.150.